The monoisotopic (exact) mass is 259 g/mol. The van der Waals surface area contributed by atoms with Crippen LogP contribution in [0.4, 0.5) is 0 Å². The van der Waals surface area contributed by atoms with Crippen LogP contribution >= 0.6 is 0 Å². The highest BCUT2D eigenvalue weighted by molar-refractivity contribution is 5.30. The molecule has 1 unspecified atom stereocenters. The normalized spacial score (nSPS) is 12.9. The lowest BCUT2D eigenvalue weighted by Gasteiger charge is -2.16. The van der Waals surface area contributed by atoms with E-state index in [4.69, 9.17) is 0 Å². The molecule has 2 aromatic rings. The molecule has 0 spiro atoms. The van der Waals surface area contributed by atoms with Crippen molar-refractivity contribution in [3.63, 3.8) is 0 Å². The van der Waals surface area contributed by atoms with E-state index in [1.54, 1.807) is 4.68 Å². The Kier molecular flexibility index (Phi) is 4.27. The van der Waals surface area contributed by atoms with Crippen molar-refractivity contribution in [1.29, 1.82) is 0 Å². The molecule has 19 heavy (non-hydrogen) atoms. The summed E-state index contributed by atoms with van der Waals surface area (Å²) in [4.78, 5) is 0. The summed E-state index contributed by atoms with van der Waals surface area (Å²) in [5.41, 5.74) is 2.58. The number of nitrogens with one attached hydrogen (secondary N) is 1. The summed E-state index contributed by atoms with van der Waals surface area (Å²) in [6.07, 6.45) is 0. The first-order chi connectivity index (χ1) is 9.13. The number of nitrogens with zero attached hydrogens (tertiary/aromatic N) is 4. The van der Waals surface area contributed by atoms with Gasteiger partial charge in [-0.2, -0.15) is 0 Å². The number of aromatic nitrogens is 4. The predicted octanol–water partition coefficient (Wildman–Crippen LogP) is 1.68. The zero-order chi connectivity index (χ0) is 13.8. The van der Waals surface area contributed by atoms with Crippen molar-refractivity contribution in [2.24, 2.45) is 7.05 Å². The van der Waals surface area contributed by atoms with E-state index in [1.165, 1.54) is 11.1 Å². The van der Waals surface area contributed by atoms with Gasteiger partial charge in [-0.3, -0.25) is 0 Å². The summed E-state index contributed by atoms with van der Waals surface area (Å²) in [6, 6.07) is 8.72. The Morgan fingerprint density at radius 1 is 1.16 bits per heavy atom. The summed E-state index contributed by atoms with van der Waals surface area (Å²) < 4.78 is 1.73. The maximum atomic E-state index is 4.13. The van der Waals surface area contributed by atoms with Gasteiger partial charge >= 0.3 is 0 Å². The number of hydrogen-bond acceptors (Lipinski definition) is 4. The zero-order valence-corrected chi connectivity index (χ0v) is 12.0. The maximum absolute atomic E-state index is 4.13. The third-order valence-corrected chi connectivity index (χ3v) is 3.38. The molecule has 0 aliphatic rings. The van der Waals surface area contributed by atoms with Crippen molar-refractivity contribution in [3.8, 4) is 0 Å². The quantitative estimate of drug-likeness (QED) is 0.887. The van der Waals surface area contributed by atoms with E-state index in [0.717, 1.165) is 12.4 Å². The molecule has 1 N–H and O–H groups in total. The molecule has 5 heteroatoms. The lowest BCUT2D eigenvalue weighted by molar-refractivity contribution is 0.611. The molecule has 0 saturated carbocycles. The van der Waals surface area contributed by atoms with E-state index in [-0.39, 0.29) is 5.92 Å². The fourth-order valence-corrected chi connectivity index (χ4v) is 2.21. The van der Waals surface area contributed by atoms with Crippen LogP contribution < -0.4 is 5.32 Å². The van der Waals surface area contributed by atoms with E-state index in [9.17, 15) is 0 Å². The van der Waals surface area contributed by atoms with Gasteiger partial charge in [0, 0.05) is 13.6 Å². The van der Waals surface area contributed by atoms with Gasteiger partial charge in [0.1, 0.15) is 0 Å². The Morgan fingerprint density at radius 2 is 1.79 bits per heavy atom. The fraction of sp³-hybridized carbons (Fsp3) is 0.500. The summed E-state index contributed by atoms with van der Waals surface area (Å²) in [7, 11) is 3.82. The van der Waals surface area contributed by atoms with Crippen molar-refractivity contribution < 1.29 is 0 Å². The van der Waals surface area contributed by atoms with Gasteiger partial charge in [-0.15, -0.1) is 5.10 Å². The minimum atomic E-state index is 0.172. The van der Waals surface area contributed by atoms with Crippen LogP contribution in [0.15, 0.2) is 24.3 Å². The number of tetrazole rings is 1. The molecule has 1 atom stereocenters. The van der Waals surface area contributed by atoms with Gasteiger partial charge in [0.25, 0.3) is 0 Å². The third kappa shape index (κ3) is 2.98. The van der Waals surface area contributed by atoms with E-state index in [2.05, 4.69) is 59.0 Å². The Balaban J connectivity index is 2.31. The van der Waals surface area contributed by atoms with Crippen LogP contribution in [0.1, 0.15) is 42.6 Å². The van der Waals surface area contributed by atoms with Gasteiger partial charge in [-0.25, -0.2) is 4.68 Å². The average Bonchev–Trinajstić information content (AvgIpc) is 2.82. The van der Waals surface area contributed by atoms with Gasteiger partial charge in [0.15, 0.2) is 5.82 Å². The third-order valence-electron chi connectivity index (χ3n) is 3.38. The number of hydrogen-bond donors (Lipinski definition) is 1. The number of benzene rings is 1. The second-order valence-corrected chi connectivity index (χ2v) is 5.09. The molecule has 0 radical (unpaired) electrons. The zero-order valence-electron chi connectivity index (χ0n) is 12.0. The van der Waals surface area contributed by atoms with Gasteiger partial charge in [0.2, 0.25) is 0 Å². The summed E-state index contributed by atoms with van der Waals surface area (Å²) >= 11 is 0. The Bertz CT molecular complexity index is 515. The standard InChI is InChI=1S/C14H21N5/c1-10(2)11-5-7-12(8-6-11)13(9-15-3)14-16-17-18-19(14)4/h5-8,10,13,15H,9H2,1-4H3. The molecule has 0 aliphatic heterocycles. The largest absolute Gasteiger partial charge is 0.319 e. The highest BCUT2D eigenvalue weighted by Gasteiger charge is 2.19. The highest BCUT2D eigenvalue weighted by Crippen LogP contribution is 2.23. The lowest BCUT2D eigenvalue weighted by atomic mass is 9.94. The van der Waals surface area contributed by atoms with Crippen LogP contribution in [0.25, 0.3) is 0 Å². The van der Waals surface area contributed by atoms with Crippen LogP contribution in [0.3, 0.4) is 0 Å². The number of aryl methyl sites for hydroxylation is 1. The van der Waals surface area contributed by atoms with Crippen LogP contribution in [-0.2, 0) is 7.05 Å². The van der Waals surface area contributed by atoms with Crippen molar-refractivity contribution in [2.45, 2.75) is 25.7 Å². The highest BCUT2D eigenvalue weighted by atomic mass is 15.5. The van der Waals surface area contributed by atoms with Crippen molar-refractivity contribution in [1.82, 2.24) is 25.5 Å². The van der Waals surface area contributed by atoms with Crippen LogP contribution in [0, 0.1) is 0 Å². The van der Waals surface area contributed by atoms with Gasteiger partial charge < -0.3 is 5.32 Å². The Labute approximate surface area is 114 Å². The molecule has 1 aromatic carbocycles. The molecule has 0 fully saturated rings. The lowest BCUT2D eigenvalue weighted by Crippen LogP contribution is -2.21. The molecule has 0 saturated heterocycles. The van der Waals surface area contributed by atoms with E-state index in [1.807, 2.05) is 14.1 Å². The molecule has 1 aromatic heterocycles. The van der Waals surface area contributed by atoms with Crippen molar-refractivity contribution >= 4 is 0 Å². The topological polar surface area (TPSA) is 55.6 Å². The second-order valence-electron chi connectivity index (χ2n) is 5.09. The Morgan fingerprint density at radius 3 is 2.26 bits per heavy atom. The predicted molar refractivity (Wildman–Crippen MR) is 75.1 cm³/mol. The van der Waals surface area contributed by atoms with E-state index >= 15 is 0 Å². The minimum absolute atomic E-state index is 0.172. The molecular weight excluding hydrogens is 238 g/mol. The van der Waals surface area contributed by atoms with Crippen LogP contribution in [-0.4, -0.2) is 33.8 Å². The van der Waals surface area contributed by atoms with Gasteiger partial charge in [-0.05, 0) is 34.5 Å². The summed E-state index contributed by atoms with van der Waals surface area (Å²) in [6.45, 7) is 5.22. The molecule has 0 aliphatic carbocycles. The second kappa shape index (κ2) is 5.93. The van der Waals surface area contributed by atoms with Gasteiger partial charge in [-0.1, -0.05) is 38.1 Å². The van der Waals surface area contributed by atoms with Crippen LogP contribution in [0.5, 0.6) is 0 Å². The first kappa shape index (κ1) is 13.7. The molecule has 2 rings (SSSR count). The summed E-state index contributed by atoms with van der Waals surface area (Å²) in [5, 5.41) is 15.0. The molecule has 5 nitrogen and oxygen atoms in total. The van der Waals surface area contributed by atoms with Crippen molar-refractivity contribution in [3.05, 3.63) is 41.2 Å². The first-order valence-electron chi connectivity index (χ1n) is 6.60. The molecule has 0 bridgehead atoms. The van der Waals surface area contributed by atoms with E-state index in [0.29, 0.717) is 5.92 Å². The number of likely N-dealkylation sites (N-methyl/N-ethyl adjacent to an activating group) is 1. The minimum Gasteiger partial charge on any atom is -0.319 e. The van der Waals surface area contributed by atoms with Crippen molar-refractivity contribution in [2.75, 3.05) is 13.6 Å². The average molecular weight is 259 g/mol. The molecular formula is C14H21N5. The Hall–Kier alpha value is -1.75. The van der Waals surface area contributed by atoms with Gasteiger partial charge in [0.05, 0.1) is 5.92 Å². The number of rotatable bonds is 5. The molecule has 0 amide bonds. The molecule has 1 heterocycles. The fourth-order valence-electron chi connectivity index (χ4n) is 2.21. The SMILES string of the molecule is CNCC(c1ccc(C(C)C)cc1)c1nnnn1C. The smallest absolute Gasteiger partial charge is 0.159 e. The van der Waals surface area contributed by atoms with Crippen LogP contribution in [0.2, 0.25) is 0 Å². The molecule has 102 valence electrons. The summed E-state index contributed by atoms with van der Waals surface area (Å²) in [5.74, 6) is 1.60. The maximum Gasteiger partial charge on any atom is 0.159 e. The first-order valence-corrected chi connectivity index (χ1v) is 6.60. The van der Waals surface area contributed by atoms with E-state index < -0.39 is 0 Å².